The Morgan fingerprint density at radius 1 is 1.20 bits per heavy atom. The van der Waals surface area contributed by atoms with E-state index in [9.17, 15) is 0 Å². The van der Waals surface area contributed by atoms with E-state index in [2.05, 4.69) is 54.6 Å². The molecule has 0 amide bonds. The monoisotopic (exact) mass is 316 g/mol. The molecule has 1 nitrogen and oxygen atoms in total. The summed E-state index contributed by atoms with van der Waals surface area (Å²) in [5.74, 6) is 0. The number of alkyl halides is 1. The minimum absolute atomic E-state index is 0.336. The lowest BCUT2D eigenvalue weighted by atomic mass is 10.0. The molecular formula is C13H17IO. The molecule has 1 heterocycles. The molecule has 0 N–H and O–H groups in total. The predicted octanol–water partition coefficient (Wildman–Crippen LogP) is 3.96. The van der Waals surface area contributed by atoms with Crippen LogP contribution in [0.2, 0.25) is 0 Å². The Morgan fingerprint density at radius 2 is 1.87 bits per heavy atom. The van der Waals surface area contributed by atoms with Gasteiger partial charge in [-0.2, -0.15) is 0 Å². The van der Waals surface area contributed by atoms with Crippen molar-refractivity contribution in [3.63, 3.8) is 0 Å². The first-order chi connectivity index (χ1) is 7.19. The molecule has 0 bridgehead atoms. The molecule has 0 aromatic heterocycles. The third-order valence-corrected chi connectivity index (χ3v) is 3.88. The first kappa shape index (κ1) is 11.4. The summed E-state index contributed by atoms with van der Waals surface area (Å²) in [4.78, 5) is 0. The van der Waals surface area contributed by atoms with Crippen LogP contribution in [0.1, 0.15) is 35.6 Å². The van der Waals surface area contributed by atoms with Gasteiger partial charge < -0.3 is 4.74 Å². The summed E-state index contributed by atoms with van der Waals surface area (Å²) in [6, 6.07) is 6.73. The van der Waals surface area contributed by atoms with Gasteiger partial charge in [0.1, 0.15) is 0 Å². The van der Waals surface area contributed by atoms with E-state index < -0.39 is 0 Å². The highest BCUT2D eigenvalue weighted by molar-refractivity contribution is 14.1. The summed E-state index contributed by atoms with van der Waals surface area (Å²) in [6.07, 6.45) is 3.19. The van der Waals surface area contributed by atoms with Crippen LogP contribution in [0, 0.1) is 13.8 Å². The van der Waals surface area contributed by atoms with Gasteiger partial charge in [0, 0.05) is 4.43 Å². The van der Waals surface area contributed by atoms with E-state index in [0.29, 0.717) is 12.2 Å². The number of hydrogen-bond donors (Lipinski definition) is 0. The van der Waals surface area contributed by atoms with Crippen molar-refractivity contribution in [2.24, 2.45) is 0 Å². The van der Waals surface area contributed by atoms with Gasteiger partial charge in [-0.3, -0.25) is 0 Å². The van der Waals surface area contributed by atoms with Crippen molar-refractivity contribution in [3.8, 4) is 0 Å². The number of ether oxygens (including phenoxy) is 1. The van der Waals surface area contributed by atoms with E-state index in [4.69, 9.17) is 4.74 Å². The average Bonchev–Trinajstić information content (AvgIpc) is 2.64. The van der Waals surface area contributed by atoms with Crippen molar-refractivity contribution >= 4 is 22.6 Å². The molecule has 2 rings (SSSR count). The van der Waals surface area contributed by atoms with E-state index in [0.717, 1.165) is 4.43 Å². The Bertz CT molecular complexity index is 328. The fourth-order valence-corrected chi connectivity index (χ4v) is 2.91. The summed E-state index contributed by atoms with van der Waals surface area (Å²) >= 11 is 2.41. The van der Waals surface area contributed by atoms with E-state index in [1.165, 1.54) is 29.5 Å². The Labute approximate surface area is 105 Å². The molecule has 15 heavy (non-hydrogen) atoms. The topological polar surface area (TPSA) is 9.23 Å². The van der Waals surface area contributed by atoms with Gasteiger partial charge in [-0.1, -0.05) is 51.9 Å². The average molecular weight is 316 g/mol. The molecule has 2 unspecified atom stereocenters. The molecule has 0 saturated carbocycles. The van der Waals surface area contributed by atoms with E-state index in [-0.39, 0.29) is 0 Å². The summed E-state index contributed by atoms with van der Waals surface area (Å²) in [6.45, 7) is 4.31. The van der Waals surface area contributed by atoms with Crippen LogP contribution >= 0.6 is 22.6 Å². The summed E-state index contributed by atoms with van der Waals surface area (Å²) in [5.41, 5.74) is 4.04. The van der Waals surface area contributed by atoms with E-state index in [1.54, 1.807) is 0 Å². The van der Waals surface area contributed by atoms with Crippen molar-refractivity contribution in [2.75, 3.05) is 4.43 Å². The van der Waals surface area contributed by atoms with E-state index in [1.807, 2.05) is 0 Å². The maximum Gasteiger partial charge on any atom is 0.0830 e. The minimum Gasteiger partial charge on any atom is -0.370 e. The number of halogens is 1. The van der Waals surface area contributed by atoms with Gasteiger partial charge in [-0.15, -0.1) is 0 Å². The lowest BCUT2D eigenvalue weighted by Crippen LogP contribution is -2.07. The van der Waals surface area contributed by atoms with Crippen LogP contribution in [0.4, 0.5) is 0 Å². The van der Waals surface area contributed by atoms with Crippen LogP contribution in [-0.2, 0) is 4.74 Å². The fourth-order valence-electron chi connectivity index (χ4n) is 2.26. The second-order valence-corrected chi connectivity index (χ2v) is 5.28. The van der Waals surface area contributed by atoms with Crippen LogP contribution in [0.25, 0.3) is 0 Å². The van der Waals surface area contributed by atoms with Crippen molar-refractivity contribution in [1.29, 1.82) is 0 Å². The lowest BCUT2D eigenvalue weighted by molar-refractivity contribution is 0.0597. The Hall–Kier alpha value is -0.0900. The Kier molecular flexibility index (Phi) is 3.67. The van der Waals surface area contributed by atoms with Crippen LogP contribution in [0.3, 0.4) is 0 Å². The molecule has 1 fully saturated rings. The minimum atomic E-state index is 0.336. The van der Waals surface area contributed by atoms with Crippen LogP contribution in [0.5, 0.6) is 0 Å². The highest BCUT2D eigenvalue weighted by Gasteiger charge is 2.25. The maximum absolute atomic E-state index is 6.00. The number of rotatable bonds is 2. The third kappa shape index (κ3) is 2.72. The molecule has 1 aliphatic rings. The highest BCUT2D eigenvalue weighted by Crippen LogP contribution is 2.34. The first-order valence-corrected chi connectivity index (χ1v) is 7.01. The molecule has 1 aliphatic heterocycles. The zero-order valence-corrected chi connectivity index (χ0v) is 11.5. The molecule has 0 spiro atoms. The first-order valence-electron chi connectivity index (χ1n) is 5.48. The quantitative estimate of drug-likeness (QED) is 0.593. The van der Waals surface area contributed by atoms with Gasteiger partial charge in [0.25, 0.3) is 0 Å². The largest absolute Gasteiger partial charge is 0.370 e. The van der Waals surface area contributed by atoms with E-state index >= 15 is 0 Å². The molecule has 1 aromatic carbocycles. The van der Waals surface area contributed by atoms with Gasteiger partial charge in [0.15, 0.2) is 0 Å². The van der Waals surface area contributed by atoms with Crippen LogP contribution in [-0.4, -0.2) is 10.5 Å². The Balaban J connectivity index is 2.16. The molecule has 0 radical (unpaired) electrons. The molecule has 0 aliphatic carbocycles. The molecule has 1 saturated heterocycles. The summed E-state index contributed by atoms with van der Waals surface area (Å²) < 4.78 is 7.11. The second kappa shape index (κ2) is 4.83. The maximum atomic E-state index is 6.00. The van der Waals surface area contributed by atoms with Crippen LogP contribution in [0.15, 0.2) is 18.2 Å². The van der Waals surface area contributed by atoms with Crippen molar-refractivity contribution in [3.05, 3.63) is 34.9 Å². The van der Waals surface area contributed by atoms with Gasteiger partial charge in [-0.05, 0) is 32.3 Å². The van der Waals surface area contributed by atoms with Gasteiger partial charge in [-0.25, -0.2) is 0 Å². The third-order valence-electron chi connectivity index (χ3n) is 2.90. The zero-order chi connectivity index (χ0) is 10.8. The predicted molar refractivity (Wildman–Crippen MR) is 71.7 cm³/mol. The zero-order valence-electron chi connectivity index (χ0n) is 9.29. The number of hydrogen-bond acceptors (Lipinski definition) is 1. The molecule has 2 heteroatoms. The molecule has 82 valence electrons. The molecule has 1 aromatic rings. The van der Waals surface area contributed by atoms with Gasteiger partial charge in [0.2, 0.25) is 0 Å². The smallest absolute Gasteiger partial charge is 0.0830 e. The van der Waals surface area contributed by atoms with Crippen molar-refractivity contribution in [1.82, 2.24) is 0 Å². The van der Waals surface area contributed by atoms with Crippen LogP contribution < -0.4 is 0 Å². The molecular weight excluding hydrogens is 299 g/mol. The summed E-state index contributed by atoms with van der Waals surface area (Å²) in [5, 5.41) is 0. The Morgan fingerprint density at radius 3 is 2.40 bits per heavy atom. The van der Waals surface area contributed by atoms with Gasteiger partial charge >= 0.3 is 0 Å². The highest BCUT2D eigenvalue weighted by atomic mass is 127. The number of benzene rings is 1. The SMILES string of the molecule is Cc1cc(C)cc(C2CCC(CI)O2)c1. The van der Waals surface area contributed by atoms with Crippen molar-refractivity contribution in [2.45, 2.75) is 38.9 Å². The second-order valence-electron chi connectivity index (χ2n) is 4.40. The number of aryl methyl sites for hydroxylation is 2. The van der Waals surface area contributed by atoms with Crippen molar-refractivity contribution < 1.29 is 4.74 Å². The van der Waals surface area contributed by atoms with Gasteiger partial charge in [0.05, 0.1) is 12.2 Å². The standard InChI is InChI=1S/C13H17IO/c1-9-5-10(2)7-11(6-9)13-4-3-12(8-14)15-13/h5-7,12-13H,3-4,8H2,1-2H3. The molecule has 2 atom stereocenters. The lowest BCUT2D eigenvalue weighted by Gasteiger charge is -2.13. The normalized spacial score (nSPS) is 25.8. The summed E-state index contributed by atoms with van der Waals surface area (Å²) in [7, 11) is 0. The fraction of sp³-hybridized carbons (Fsp3) is 0.538.